The molecule has 1 saturated heterocycles. The van der Waals surface area contributed by atoms with Crippen molar-refractivity contribution < 1.29 is 9.53 Å². The van der Waals surface area contributed by atoms with Gasteiger partial charge in [0.05, 0.1) is 34.5 Å². The van der Waals surface area contributed by atoms with Crippen LogP contribution in [0.1, 0.15) is 61.5 Å². The summed E-state index contributed by atoms with van der Waals surface area (Å²) in [5, 5.41) is 9.21. The molecule has 174 valence electrons. The molecular weight excluding hydrogens is 447 g/mol. The third-order valence-corrected chi connectivity index (χ3v) is 8.07. The standard InChI is InChI=1S/C24H32Cl2N4O2/c1-3-32-23(31)17-15-28-30(16-17)19-9-7-18(8-10-19)24(2,29-13-11-27-12-14-29)20-5-4-6-21(25)22(20)26/h4-6,15-16,18-19,27H,3,7-14H2,1-2H3. The number of piperazine rings is 1. The third kappa shape index (κ3) is 4.56. The molecule has 1 atom stereocenters. The van der Waals surface area contributed by atoms with Crippen LogP contribution < -0.4 is 5.32 Å². The zero-order valence-corrected chi connectivity index (χ0v) is 20.3. The van der Waals surface area contributed by atoms with Gasteiger partial charge in [0.2, 0.25) is 0 Å². The van der Waals surface area contributed by atoms with Gasteiger partial charge in [0.25, 0.3) is 0 Å². The number of esters is 1. The summed E-state index contributed by atoms with van der Waals surface area (Å²) < 4.78 is 7.04. The molecule has 1 unspecified atom stereocenters. The minimum Gasteiger partial charge on any atom is -0.462 e. The van der Waals surface area contributed by atoms with E-state index in [1.807, 2.05) is 29.9 Å². The number of hydrogen-bond acceptors (Lipinski definition) is 5. The molecule has 1 aromatic carbocycles. The van der Waals surface area contributed by atoms with Gasteiger partial charge >= 0.3 is 5.97 Å². The first-order valence-corrected chi connectivity index (χ1v) is 12.3. The highest BCUT2D eigenvalue weighted by Crippen LogP contribution is 2.48. The monoisotopic (exact) mass is 478 g/mol. The van der Waals surface area contributed by atoms with E-state index >= 15 is 0 Å². The van der Waals surface area contributed by atoms with Gasteiger partial charge in [0, 0.05) is 37.9 Å². The van der Waals surface area contributed by atoms with Crippen LogP contribution in [0.3, 0.4) is 0 Å². The van der Waals surface area contributed by atoms with Crippen LogP contribution >= 0.6 is 23.2 Å². The van der Waals surface area contributed by atoms with E-state index < -0.39 is 0 Å². The van der Waals surface area contributed by atoms with Crippen molar-refractivity contribution in [3.05, 3.63) is 51.8 Å². The molecule has 0 spiro atoms. The number of carbonyl (C=O) groups is 1. The van der Waals surface area contributed by atoms with Crippen LogP contribution in [-0.2, 0) is 10.3 Å². The number of carbonyl (C=O) groups excluding carboxylic acids is 1. The minimum absolute atomic E-state index is 0.185. The second kappa shape index (κ2) is 10.1. The largest absolute Gasteiger partial charge is 0.462 e. The van der Waals surface area contributed by atoms with Crippen molar-refractivity contribution in [2.24, 2.45) is 5.92 Å². The Morgan fingerprint density at radius 3 is 2.62 bits per heavy atom. The summed E-state index contributed by atoms with van der Waals surface area (Å²) in [6.07, 6.45) is 7.57. The lowest BCUT2D eigenvalue weighted by Gasteiger charge is -2.51. The second-order valence-electron chi connectivity index (χ2n) is 8.92. The lowest BCUT2D eigenvalue weighted by Crippen LogP contribution is -2.56. The van der Waals surface area contributed by atoms with E-state index in [2.05, 4.69) is 28.3 Å². The fraction of sp³-hybridized carbons (Fsp3) is 0.583. The Balaban J connectivity index is 1.54. The molecule has 1 saturated carbocycles. The number of aromatic nitrogens is 2. The number of ether oxygens (including phenoxy) is 1. The molecule has 1 N–H and O–H groups in total. The first-order chi connectivity index (χ1) is 15.4. The Labute approximate surface area is 200 Å². The van der Waals surface area contributed by atoms with Crippen molar-refractivity contribution in [2.75, 3.05) is 32.8 Å². The fourth-order valence-corrected chi connectivity index (χ4v) is 5.92. The fourth-order valence-electron chi connectivity index (χ4n) is 5.43. The van der Waals surface area contributed by atoms with Crippen molar-refractivity contribution in [3.8, 4) is 0 Å². The average molecular weight is 479 g/mol. The summed E-state index contributed by atoms with van der Waals surface area (Å²) in [5.41, 5.74) is 1.46. The van der Waals surface area contributed by atoms with E-state index in [0.717, 1.165) is 57.4 Å². The molecule has 1 aliphatic heterocycles. The van der Waals surface area contributed by atoms with E-state index in [-0.39, 0.29) is 17.6 Å². The van der Waals surface area contributed by atoms with Gasteiger partial charge in [-0.05, 0) is 57.1 Å². The van der Waals surface area contributed by atoms with Crippen LogP contribution in [0.4, 0.5) is 0 Å². The molecule has 2 aliphatic rings. The molecule has 32 heavy (non-hydrogen) atoms. The Kier molecular flexibility index (Phi) is 7.45. The molecule has 1 aromatic heterocycles. The lowest BCUT2D eigenvalue weighted by atomic mass is 9.69. The molecule has 0 bridgehead atoms. The zero-order valence-electron chi connectivity index (χ0n) is 18.8. The summed E-state index contributed by atoms with van der Waals surface area (Å²) in [4.78, 5) is 14.6. The molecule has 0 amide bonds. The van der Waals surface area contributed by atoms with Crippen molar-refractivity contribution >= 4 is 29.2 Å². The number of halogens is 2. The maximum absolute atomic E-state index is 12.0. The molecule has 2 fully saturated rings. The highest BCUT2D eigenvalue weighted by molar-refractivity contribution is 6.42. The summed E-state index contributed by atoms with van der Waals surface area (Å²) >= 11 is 13.2. The van der Waals surface area contributed by atoms with Crippen molar-refractivity contribution in [1.29, 1.82) is 0 Å². The molecular formula is C24H32Cl2N4O2. The first-order valence-electron chi connectivity index (χ1n) is 11.6. The van der Waals surface area contributed by atoms with E-state index in [1.165, 1.54) is 0 Å². The van der Waals surface area contributed by atoms with Crippen molar-refractivity contribution in [2.45, 2.75) is 51.1 Å². The highest BCUT2D eigenvalue weighted by atomic mass is 35.5. The molecule has 1 aliphatic carbocycles. The number of nitrogens with zero attached hydrogens (tertiary/aromatic N) is 3. The van der Waals surface area contributed by atoms with E-state index in [0.29, 0.717) is 28.1 Å². The Morgan fingerprint density at radius 2 is 1.94 bits per heavy atom. The van der Waals surface area contributed by atoms with Crippen LogP contribution in [0.5, 0.6) is 0 Å². The van der Waals surface area contributed by atoms with Gasteiger partial charge in [-0.1, -0.05) is 35.3 Å². The summed E-state index contributed by atoms with van der Waals surface area (Å²) in [5.74, 6) is 0.141. The van der Waals surface area contributed by atoms with Gasteiger partial charge in [-0.2, -0.15) is 5.10 Å². The topological polar surface area (TPSA) is 59.4 Å². The van der Waals surface area contributed by atoms with E-state index in [4.69, 9.17) is 27.9 Å². The molecule has 2 heterocycles. The summed E-state index contributed by atoms with van der Waals surface area (Å²) in [6.45, 7) is 8.45. The molecule has 8 heteroatoms. The van der Waals surface area contributed by atoms with Crippen LogP contribution in [0.15, 0.2) is 30.6 Å². The van der Waals surface area contributed by atoms with Crippen molar-refractivity contribution in [3.63, 3.8) is 0 Å². The second-order valence-corrected chi connectivity index (χ2v) is 9.71. The summed E-state index contributed by atoms with van der Waals surface area (Å²) in [7, 11) is 0. The third-order valence-electron chi connectivity index (χ3n) is 7.25. The van der Waals surface area contributed by atoms with Crippen LogP contribution in [-0.4, -0.2) is 53.4 Å². The van der Waals surface area contributed by atoms with E-state index in [9.17, 15) is 4.79 Å². The van der Waals surface area contributed by atoms with Gasteiger partial charge in [-0.25, -0.2) is 4.79 Å². The molecule has 4 rings (SSSR count). The number of rotatable bonds is 6. The van der Waals surface area contributed by atoms with Gasteiger partial charge in [-0.15, -0.1) is 0 Å². The molecule has 0 radical (unpaired) electrons. The van der Waals surface area contributed by atoms with E-state index in [1.54, 1.807) is 6.20 Å². The zero-order chi connectivity index (χ0) is 22.7. The molecule has 2 aromatic rings. The Morgan fingerprint density at radius 1 is 1.22 bits per heavy atom. The summed E-state index contributed by atoms with van der Waals surface area (Å²) in [6, 6.07) is 6.30. The maximum Gasteiger partial charge on any atom is 0.341 e. The van der Waals surface area contributed by atoms with Gasteiger partial charge in [-0.3, -0.25) is 9.58 Å². The highest BCUT2D eigenvalue weighted by Gasteiger charge is 2.44. The predicted molar refractivity (Wildman–Crippen MR) is 127 cm³/mol. The van der Waals surface area contributed by atoms with Crippen LogP contribution in [0, 0.1) is 5.92 Å². The Bertz CT molecular complexity index is 936. The van der Waals surface area contributed by atoms with Crippen molar-refractivity contribution in [1.82, 2.24) is 20.0 Å². The van der Waals surface area contributed by atoms with Gasteiger partial charge in [0.1, 0.15) is 0 Å². The first kappa shape index (κ1) is 23.6. The van der Waals surface area contributed by atoms with Crippen LogP contribution in [0.25, 0.3) is 0 Å². The number of hydrogen-bond donors (Lipinski definition) is 1. The SMILES string of the molecule is CCOC(=O)c1cnn(C2CCC(C(C)(c3cccc(Cl)c3Cl)N3CCNCC3)CC2)c1. The predicted octanol–water partition coefficient (Wildman–Crippen LogP) is 4.92. The average Bonchev–Trinajstić information content (AvgIpc) is 3.32. The minimum atomic E-state index is -0.311. The number of nitrogens with one attached hydrogen (secondary N) is 1. The quantitative estimate of drug-likeness (QED) is 0.597. The molecule has 6 nitrogen and oxygen atoms in total. The smallest absolute Gasteiger partial charge is 0.341 e. The Hall–Kier alpha value is -1.60. The number of benzene rings is 1. The van der Waals surface area contributed by atoms with Gasteiger partial charge in [0.15, 0.2) is 0 Å². The van der Waals surface area contributed by atoms with Gasteiger partial charge < -0.3 is 10.1 Å². The lowest BCUT2D eigenvalue weighted by molar-refractivity contribution is 0.00964. The van der Waals surface area contributed by atoms with Crippen LogP contribution in [0.2, 0.25) is 10.0 Å². The maximum atomic E-state index is 12.0. The normalized spacial score (nSPS) is 24.1.